The lowest BCUT2D eigenvalue weighted by atomic mass is 10.1. The lowest BCUT2D eigenvalue weighted by Gasteiger charge is -2.26. The number of hydrogen-bond donors (Lipinski definition) is 1. The van der Waals surface area contributed by atoms with Crippen LogP contribution in [0.4, 0.5) is 8.78 Å². The summed E-state index contributed by atoms with van der Waals surface area (Å²) in [5.41, 5.74) is 0.197. The second kappa shape index (κ2) is 5.65. The van der Waals surface area contributed by atoms with E-state index in [-0.39, 0.29) is 18.0 Å². The van der Waals surface area contributed by atoms with Crippen molar-refractivity contribution in [2.75, 3.05) is 13.6 Å². The zero-order valence-electron chi connectivity index (χ0n) is 11.1. The highest BCUT2D eigenvalue weighted by Gasteiger charge is 2.24. The van der Waals surface area contributed by atoms with Crippen molar-refractivity contribution in [3.63, 3.8) is 0 Å². The summed E-state index contributed by atoms with van der Waals surface area (Å²) >= 11 is 0. The van der Waals surface area contributed by atoms with Gasteiger partial charge in [-0.2, -0.15) is 0 Å². The minimum absolute atomic E-state index is 0.122. The van der Waals surface area contributed by atoms with Gasteiger partial charge >= 0.3 is 0 Å². The molecular formula is C14H18F2N2O. The topological polar surface area (TPSA) is 32.3 Å². The van der Waals surface area contributed by atoms with E-state index in [1.165, 1.54) is 4.90 Å². The maximum Gasteiger partial charge on any atom is 0.236 e. The molecule has 1 N–H and O–H groups in total. The van der Waals surface area contributed by atoms with Gasteiger partial charge in [-0.15, -0.1) is 0 Å². The van der Waals surface area contributed by atoms with Crippen molar-refractivity contribution in [3.05, 3.63) is 35.4 Å². The van der Waals surface area contributed by atoms with Crippen LogP contribution in [0.1, 0.15) is 31.4 Å². The Labute approximate surface area is 111 Å². The van der Waals surface area contributed by atoms with Crippen LogP contribution < -0.4 is 5.32 Å². The zero-order chi connectivity index (χ0) is 14.0. The summed E-state index contributed by atoms with van der Waals surface area (Å²) in [7, 11) is 1.60. The number of carbonyl (C=O) groups is 1. The summed E-state index contributed by atoms with van der Waals surface area (Å²) in [6.45, 7) is 1.93. The van der Waals surface area contributed by atoms with Crippen LogP contribution in [0.25, 0.3) is 0 Å². The predicted octanol–water partition coefficient (Wildman–Crippen LogP) is 2.24. The number of rotatable bonds is 5. The molecule has 0 spiro atoms. The summed E-state index contributed by atoms with van der Waals surface area (Å²) in [5, 5.41) is 3.11. The number of amides is 1. The van der Waals surface area contributed by atoms with E-state index in [9.17, 15) is 13.6 Å². The lowest BCUT2D eigenvalue weighted by molar-refractivity contribution is -0.130. The first kappa shape index (κ1) is 13.9. The number of nitrogens with one attached hydrogen (secondary N) is 1. The maximum absolute atomic E-state index is 13.6. The summed E-state index contributed by atoms with van der Waals surface area (Å²) < 4.78 is 26.8. The van der Waals surface area contributed by atoms with Gasteiger partial charge in [0.2, 0.25) is 5.91 Å². The Kier molecular flexibility index (Phi) is 4.14. The van der Waals surface area contributed by atoms with E-state index in [0.717, 1.165) is 31.0 Å². The Hall–Kier alpha value is -1.49. The van der Waals surface area contributed by atoms with Gasteiger partial charge < -0.3 is 10.2 Å². The quantitative estimate of drug-likeness (QED) is 0.888. The van der Waals surface area contributed by atoms with Crippen molar-refractivity contribution >= 4 is 5.91 Å². The molecule has 1 fully saturated rings. The van der Waals surface area contributed by atoms with Crippen LogP contribution in [0, 0.1) is 11.6 Å². The zero-order valence-corrected chi connectivity index (χ0v) is 11.1. The number of halogens is 2. The molecule has 0 aromatic heterocycles. The summed E-state index contributed by atoms with van der Waals surface area (Å²) in [6.07, 6.45) is 2.20. The molecule has 2 rings (SSSR count). The molecule has 0 saturated heterocycles. The van der Waals surface area contributed by atoms with Gasteiger partial charge in [0.25, 0.3) is 0 Å². The third-order valence-electron chi connectivity index (χ3n) is 3.50. The molecule has 0 radical (unpaired) electrons. The van der Waals surface area contributed by atoms with E-state index in [1.807, 2.05) is 0 Å². The lowest BCUT2D eigenvalue weighted by Crippen LogP contribution is -2.38. The smallest absolute Gasteiger partial charge is 0.236 e. The molecule has 1 atom stereocenters. The highest BCUT2D eigenvalue weighted by atomic mass is 19.1. The number of nitrogens with zero attached hydrogens (tertiary/aromatic N) is 1. The number of likely N-dealkylation sites (N-methyl/N-ethyl adjacent to an activating group) is 1. The molecule has 1 aliphatic rings. The molecule has 104 valence electrons. The minimum Gasteiger partial charge on any atom is -0.338 e. The van der Waals surface area contributed by atoms with Gasteiger partial charge in [0.15, 0.2) is 0 Å². The third kappa shape index (κ3) is 3.50. The summed E-state index contributed by atoms with van der Waals surface area (Å²) in [6, 6.07) is 3.24. The van der Waals surface area contributed by atoms with Gasteiger partial charge in [-0.1, -0.05) is 0 Å². The highest BCUT2D eigenvalue weighted by Crippen LogP contribution is 2.23. The summed E-state index contributed by atoms with van der Waals surface area (Å²) in [5.74, 6) is -1.12. The van der Waals surface area contributed by atoms with Gasteiger partial charge in [-0.05, 0) is 38.0 Å². The molecule has 1 aliphatic carbocycles. The van der Waals surface area contributed by atoms with Crippen molar-refractivity contribution in [1.29, 1.82) is 0 Å². The first-order valence-corrected chi connectivity index (χ1v) is 6.43. The second-order valence-corrected chi connectivity index (χ2v) is 5.00. The molecule has 1 unspecified atom stereocenters. The molecule has 1 aromatic carbocycles. The number of hydrogen-bond acceptors (Lipinski definition) is 2. The van der Waals surface area contributed by atoms with Crippen LogP contribution in [-0.4, -0.2) is 30.4 Å². The van der Waals surface area contributed by atoms with E-state index < -0.39 is 17.7 Å². The Morgan fingerprint density at radius 3 is 2.79 bits per heavy atom. The van der Waals surface area contributed by atoms with Gasteiger partial charge in [0.1, 0.15) is 11.6 Å². The first-order chi connectivity index (χ1) is 8.99. The Morgan fingerprint density at radius 1 is 1.47 bits per heavy atom. The van der Waals surface area contributed by atoms with Crippen molar-refractivity contribution in [1.82, 2.24) is 10.2 Å². The Morgan fingerprint density at radius 2 is 2.16 bits per heavy atom. The Bertz CT molecular complexity index is 475. The molecule has 5 heteroatoms. The monoisotopic (exact) mass is 268 g/mol. The van der Waals surface area contributed by atoms with Gasteiger partial charge in [-0.25, -0.2) is 8.78 Å². The van der Waals surface area contributed by atoms with E-state index in [0.29, 0.717) is 6.04 Å². The summed E-state index contributed by atoms with van der Waals surface area (Å²) in [4.78, 5) is 13.4. The average Bonchev–Trinajstić information content (AvgIpc) is 3.21. The Balaban J connectivity index is 2.01. The molecule has 1 aromatic rings. The molecule has 1 saturated carbocycles. The van der Waals surface area contributed by atoms with Gasteiger partial charge in [0.05, 0.1) is 12.6 Å². The van der Waals surface area contributed by atoms with E-state index in [4.69, 9.17) is 0 Å². The van der Waals surface area contributed by atoms with Crippen molar-refractivity contribution < 1.29 is 13.6 Å². The number of benzene rings is 1. The van der Waals surface area contributed by atoms with Crippen molar-refractivity contribution in [2.24, 2.45) is 0 Å². The second-order valence-electron chi connectivity index (χ2n) is 5.00. The SMILES string of the molecule is CC(c1cc(F)ccc1F)N(C)C(=O)CNC1CC1. The van der Waals surface area contributed by atoms with Crippen LogP contribution in [0.3, 0.4) is 0 Å². The van der Waals surface area contributed by atoms with E-state index >= 15 is 0 Å². The van der Waals surface area contributed by atoms with Crippen LogP contribution in [-0.2, 0) is 4.79 Å². The third-order valence-corrected chi connectivity index (χ3v) is 3.50. The fourth-order valence-corrected chi connectivity index (χ4v) is 1.90. The van der Waals surface area contributed by atoms with Crippen molar-refractivity contribution in [3.8, 4) is 0 Å². The molecule has 0 bridgehead atoms. The number of carbonyl (C=O) groups excluding carboxylic acids is 1. The van der Waals surface area contributed by atoms with Crippen LogP contribution in [0.15, 0.2) is 18.2 Å². The molecule has 0 heterocycles. The van der Waals surface area contributed by atoms with Crippen molar-refractivity contribution in [2.45, 2.75) is 31.8 Å². The highest BCUT2D eigenvalue weighted by molar-refractivity contribution is 5.78. The fraction of sp³-hybridized carbons (Fsp3) is 0.500. The first-order valence-electron chi connectivity index (χ1n) is 6.43. The van der Waals surface area contributed by atoms with Crippen LogP contribution in [0.5, 0.6) is 0 Å². The van der Waals surface area contributed by atoms with Crippen LogP contribution >= 0.6 is 0 Å². The van der Waals surface area contributed by atoms with E-state index in [1.54, 1.807) is 14.0 Å². The maximum atomic E-state index is 13.6. The largest absolute Gasteiger partial charge is 0.338 e. The minimum atomic E-state index is -0.500. The molecule has 19 heavy (non-hydrogen) atoms. The van der Waals surface area contributed by atoms with E-state index in [2.05, 4.69) is 5.32 Å². The molecule has 1 amide bonds. The van der Waals surface area contributed by atoms with Gasteiger partial charge in [0, 0.05) is 18.7 Å². The normalized spacial score (nSPS) is 16.2. The molecule has 3 nitrogen and oxygen atoms in total. The standard InChI is InChI=1S/C14H18F2N2O/c1-9(12-7-10(15)3-6-13(12)16)18(2)14(19)8-17-11-4-5-11/h3,6-7,9,11,17H,4-5,8H2,1-2H3. The molecular weight excluding hydrogens is 250 g/mol. The predicted molar refractivity (Wildman–Crippen MR) is 68.6 cm³/mol. The van der Waals surface area contributed by atoms with Gasteiger partial charge in [-0.3, -0.25) is 4.79 Å². The molecule has 0 aliphatic heterocycles. The van der Waals surface area contributed by atoms with Crippen LogP contribution in [0.2, 0.25) is 0 Å². The average molecular weight is 268 g/mol. The fourth-order valence-electron chi connectivity index (χ4n) is 1.90.